The lowest BCUT2D eigenvalue weighted by molar-refractivity contribution is -0.120. The van der Waals surface area contributed by atoms with E-state index in [2.05, 4.69) is 0 Å². The van der Waals surface area contributed by atoms with E-state index >= 15 is 0 Å². The number of carbonyl (C=O) groups is 2. The van der Waals surface area contributed by atoms with Gasteiger partial charge >= 0.3 is 0 Å². The van der Waals surface area contributed by atoms with Gasteiger partial charge in [-0.3, -0.25) is 9.59 Å². The van der Waals surface area contributed by atoms with Crippen LogP contribution < -0.4 is 9.64 Å². The van der Waals surface area contributed by atoms with Gasteiger partial charge in [0.25, 0.3) is 11.8 Å². The number of nitrogens with zero attached hydrogens (tertiary/aromatic N) is 1. The van der Waals surface area contributed by atoms with E-state index in [0.717, 1.165) is 54.6 Å². The van der Waals surface area contributed by atoms with Crippen molar-refractivity contribution in [3.8, 4) is 5.75 Å². The molecule has 2 heterocycles. The first-order chi connectivity index (χ1) is 10.2. The third kappa shape index (κ3) is 1.75. The van der Waals surface area contributed by atoms with Crippen molar-refractivity contribution in [2.24, 2.45) is 0 Å². The van der Waals surface area contributed by atoms with Gasteiger partial charge < -0.3 is 4.74 Å². The predicted molar refractivity (Wildman–Crippen MR) is 78.2 cm³/mol. The SMILES string of the molecule is CC1Cc2c(cccc2N2C(=O)C3=C(CCCC3)C2=O)O1. The molecule has 4 nitrogen and oxygen atoms in total. The summed E-state index contributed by atoms with van der Waals surface area (Å²) >= 11 is 0. The van der Waals surface area contributed by atoms with Gasteiger partial charge in [0.1, 0.15) is 11.9 Å². The van der Waals surface area contributed by atoms with Gasteiger partial charge in [0, 0.05) is 23.1 Å². The maximum Gasteiger partial charge on any atom is 0.261 e. The molecule has 0 saturated carbocycles. The van der Waals surface area contributed by atoms with Crippen molar-refractivity contribution in [1.82, 2.24) is 0 Å². The molecule has 0 saturated heterocycles. The van der Waals surface area contributed by atoms with Gasteiger partial charge in [-0.15, -0.1) is 0 Å². The third-order valence-electron chi connectivity index (χ3n) is 4.56. The third-order valence-corrected chi connectivity index (χ3v) is 4.56. The van der Waals surface area contributed by atoms with Crippen molar-refractivity contribution in [1.29, 1.82) is 0 Å². The van der Waals surface area contributed by atoms with Crippen molar-refractivity contribution in [2.45, 2.75) is 45.1 Å². The summed E-state index contributed by atoms with van der Waals surface area (Å²) in [5.74, 6) is 0.552. The minimum Gasteiger partial charge on any atom is -0.490 e. The summed E-state index contributed by atoms with van der Waals surface area (Å²) in [7, 11) is 0. The van der Waals surface area contributed by atoms with Crippen molar-refractivity contribution in [2.75, 3.05) is 4.90 Å². The molecule has 1 aliphatic carbocycles. The fourth-order valence-electron chi connectivity index (χ4n) is 3.58. The minimum absolute atomic E-state index is 0.0940. The Bertz CT molecular complexity index is 661. The summed E-state index contributed by atoms with van der Waals surface area (Å²) in [6.07, 6.45) is 4.30. The summed E-state index contributed by atoms with van der Waals surface area (Å²) in [6.45, 7) is 2.00. The van der Waals surface area contributed by atoms with E-state index in [1.807, 2.05) is 25.1 Å². The van der Waals surface area contributed by atoms with E-state index in [1.165, 1.54) is 4.90 Å². The van der Waals surface area contributed by atoms with E-state index in [4.69, 9.17) is 4.74 Å². The zero-order valence-corrected chi connectivity index (χ0v) is 12.0. The van der Waals surface area contributed by atoms with Crippen molar-refractivity contribution < 1.29 is 14.3 Å². The molecule has 4 rings (SSSR count). The van der Waals surface area contributed by atoms with Gasteiger partial charge in [-0.2, -0.15) is 0 Å². The molecule has 0 N–H and O–H groups in total. The Balaban J connectivity index is 1.78. The number of rotatable bonds is 1. The smallest absolute Gasteiger partial charge is 0.261 e. The number of amides is 2. The number of ether oxygens (including phenoxy) is 1. The summed E-state index contributed by atoms with van der Waals surface area (Å²) in [6, 6.07) is 5.61. The lowest BCUT2D eigenvalue weighted by Crippen LogP contribution is -2.32. The second kappa shape index (κ2) is 4.45. The van der Waals surface area contributed by atoms with Crippen LogP contribution in [0.4, 0.5) is 5.69 Å². The van der Waals surface area contributed by atoms with Crippen LogP contribution in [0.15, 0.2) is 29.3 Å². The maximum absolute atomic E-state index is 12.6. The van der Waals surface area contributed by atoms with Crippen LogP contribution in [0.2, 0.25) is 0 Å². The number of hydrogen-bond acceptors (Lipinski definition) is 3. The van der Waals surface area contributed by atoms with Crippen molar-refractivity contribution in [3.63, 3.8) is 0 Å². The minimum atomic E-state index is -0.123. The molecule has 1 aromatic rings. The summed E-state index contributed by atoms with van der Waals surface area (Å²) in [5, 5.41) is 0. The van der Waals surface area contributed by atoms with Crippen molar-refractivity contribution >= 4 is 17.5 Å². The Morgan fingerprint density at radius 2 is 1.76 bits per heavy atom. The molecular formula is C17H17NO3. The predicted octanol–water partition coefficient (Wildman–Crippen LogP) is 2.75. The molecule has 0 bridgehead atoms. The average Bonchev–Trinajstić information content (AvgIpc) is 2.98. The molecule has 0 fully saturated rings. The second-order valence-electron chi connectivity index (χ2n) is 6.00. The van der Waals surface area contributed by atoms with Crippen LogP contribution in [0.5, 0.6) is 5.75 Å². The molecule has 3 aliphatic rings. The van der Waals surface area contributed by atoms with Gasteiger partial charge in [0.15, 0.2) is 0 Å². The van der Waals surface area contributed by atoms with Gasteiger partial charge in [0.05, 0.1) is 5.69 Å². The Hall–Kier alpha value is -2.10. The average molecular weight is 283 g/mol. The highest BCUT2D eigenvalue weighted by Crippen LogP contribution is 2.41. The highest BCUT2D eigenvalue weighted by molar-refractivity contribution is 6.33. The normalized spacial score (nSPS) is 24.2. The molecule has 1 unspecified atom stereocenters. The van der Waals surface area contributed by atoms with Crippen LogP contribution >= 0.6 is 0 Å². The number of benzene rings is 1. The highest BCUT2D eigenvalue weighted by Gasteiger charge is 2.41. The van der Waals surface area contributed by atoms with Gasteiger partial charge in [-0.05, 0) is 44.7 Å². The van der Waals surface area contributed by atoms with Crippen LogP contribution in [-0.4, -0.2) is 17.9 Å². The molecule has 0 radical (unpaired) electrons. The van der Waals surface area contributed by atoms with E-state index < -0.39 is 0 Å². The second-order valence-corrected chi connectivity index (χ2v) is 6.00. The first-order valence-corrected chi connectivity index (χ1v) is 7.56. The Kier molecular flexibility index (Phi) is 2.67. The molecule has 4 heteroatoms. The standard InChI is InChI=1S/C17H17NO3/c1-10-9-13-14(7-4-8-15(13)21-10)18-16(19)11-5-2-3-6-12(11)17(18)20/h4,7-8,10H,2-3,5-6,9H2,1H3. The number of hydrogen-bond donors (Lipinski definition) is 0. The summed E-state index contributed by atoms with van der Waals surface area (Å²) < 4.78 is 5.73. The van der Waals surface area contributed by atoms with E-state index in [-0.39, 0.29) is 17.9 Å². The van der Waals surface area contributed by atoms with Crippen LogP contribution in [0.3, 0.4) is 0 Å². The quantitative estimate of drug-likeness (QED) is 0.745. The topological polar surface area (TPSA) is 46.6 Å². The first-order valence-electron chi connectivity index (χ1n) is 7.56. The molecule has 2 amide bonds. The summed E-state index contributed by atoms with van der Waals surface area (Å²) in [4.78, 5) is 26.6. The van der Waals surface area contributed by atoms with Gasteiger partial charge in [-0.25, -0.2) is 4.90 Å². The highest BCUT2D eigenvalue weighted by atomic mass is 16.5. The molecule has 1 aromatic carbocycles. The Morgan fingerprint density at radius 3 is 2.43 bits per heavy atom. The van der Waals surface area contributed by atoms with Crippen LogP contribution in [-0.2, 0) is 16.0 Å². The molecule has 108 valence electrons. The van der Waals surface area contributed by atoms with Gasteiger partial charge in [0.2, 0.25) is 0 Å². The van der Waals surface area contributed by atoms with Crippen LogP contribution in [0, 0.1) is 0 Å². The largest absolute Gasteiger partial charge is 0.490 e. The molecule has 1 atom stereocenters. The number of anilines is 1. The monoisotopic (exact) mass is 283 g/mol. The van der Waals surface area contributed by atoms with E-state index in [9.17, 15) is 9.59 Å². The molecule has 2 aliphatic heterocycles. The lowest BCUT2D eigenvalue weighted by Gasteiger charge is -2.17. The van der Waals surface area contributed by atoms with Crippen molar-refractivity contribution in [3.05, 3.63) is 34.9 Å². The fourth-order valence-corrected chi connectivity index (χ4v) is 3.58. The van der Waals surface area contributed by atoms with E-state index in [1.54, 1.807) is 0 Å². The van der Waals surface area contributed by atoms with Gasteiger partial charge in [-0.1, -0.05) is 6.07 Å². The number of imide groups is 1. The fraction of sp³-hybridized carbons (Fsp3) is 0.412. The Morgan fingerprint density at radius 1 is 1.10 bits per heavy atom. The lowest BCUT2D eigenvalue weighted by atomic mass is 9.93. The van der Waals surface area contributed by atoms with Crippen LogP contribution in [0.1, 0.15) is 38.2 Å². The molecule has 0 aromatic heterocycles. The first kappa shape index (κ1) is 12.6. The van der Waals surface area contributed by atoms with E-state index in [0.29, 0.717) is 5.69 Å². The molecule has 0 spiro atoms. The Labute approximate surface area is 123 Å². The zero-order chi connectivity index (χ0) is 14.6. The number of fused-ring (bicyclic) bond motifs is 1. The summed E-state index contributed by atoms with van der Waals surface area (Å²) in [5.41, 5.74) is 3.15. The van der Waals surface area contributed by atoms with Crippen LogP contribution in [0.25, 0.3) is 0 Å². The maximum atomic E-state index is 12.6. The molecular weight excluding hydrogens is 266 g/mol. The molecule has 21 heavy (non-hydrogen) atoms. The number of carbonyl (C=O) groups excluding carboxylic acids is 2. The zero-order valence-electron chi connectivity index (χ0n) is 12.0.